The van der Waals surface area contributed by atoms with Gasteiger partial charge >= 0.3 is 5.97 Å². The van der Waals surface area contributed by atoms with Crippen LogP contribution in [-0.4, -0.2) is 52.6 Å². The van der Waals surface area contributed by atoms with Gasteiger partial charge in [0.25, 0.3) is 5.91 Å². The monoisotopic (exact) mass is 437 g/mol. The van der Waals surface area contributed by atoms with Gasteiger partial charge in [0.2, 0.25) is 0 Å². The third-order valence-corrected chi connectivity index (χ3v) is 8.84. The maximum atomic E-state index is 12.6. The van der Waals surface area contributed by atoms with Crippen molar-refractivity contribution in [2.24, 2.45) is 0 Å². The Morgan fingerprint density at radius 2 is 1.72 bits per heavy atom. The molecule has 1 saturated heterocycles. The van der Waals surface area contributed by atoms with E-state index >= 15 is 0 Å². The minimum Gasteiger partial charge on any atom is -0.465 e. The van der Waals surface area contributed by atoms with Crippen molar-refractivity contribution in [1.82, 2.24) is 0 Å². The van der Waals surface area contributed by atoms with Gasteiger partial charge in [-0.3, -0.25) is 4.79 Å². The van der Waals surface area contributed by atoms with Crippen molar-refractivity contribution < 1.29 is 31.2 Å². The van der Waals surface area contributed by atoms with Gasteiger partial charge in [0.05, 0.1) is 40.0 Å². The average molecular weight is 437 g/mol. The summed E-state index contributed by atoms with van der Waals surface area (Å²) in [6, 6.07) is 11.6. The molecule has 1 atom stereocenters. The fourth-order valence-corrected chi connectivity index (χ4v) is 7.43. The second kappa shape index (κ2) is 7.96. The van der Waals surface area contributed by atoms with E-state index in [0.717, 1.165) is 0 Å². The molecule has 3 rings (SSSR count). The lowest BCUT2D eigenvalue weighted by Crippen LogP contribution is -2.23. The SMILES string of the molecule is COC(=O)c1ccccc1NC(=O)c1ccc(S(=O)(=O)C2CCS(=O)(=O)C2)cc1. The first-order valence-corrected chi connectivity index (χ1v) is 12.0. The van der Waals surface area contributed by atoms with Gasteiger partial charge in [-0.2, -0.15) is 0 Å². The number of benzene rings is 2. The van der Waals surface area contributed by atoms with Crippen molar-refractivity contribution in [3.63, 3.8) is 0 Å². The van der Waals surface area contributed by atoms with E-state index in [9.17, 15) is 26.4 Å². The van der Waals surface area contributed by atoms with Crippen LogP contribution >= 0.6 is 0 Å². The van der Waals surface area contributed by atoms with E-state index in [1.807, 2.05) is 0 Å². The molecule has 0 saturated carbocycles. The Hall–Kier alpha value is -2.72. The molecule has 8 nitrogen and oxygen atoms in total. The van der Waals surface area contributed by atoms with E-state index in [1.54, 1.807) is 18.2 Å². The zero-order valence-corrected chi connectivity index (χ0v) is 17.1. The van der Waals surface area contributed by atoms with Crippen LogP contribution in [0.1, 0.15) is 27.1 Å². The molecular formula is C19H19NO7S2. The maximum absolute atomic E-state index is 12.6. The number of sulfone groups is 2. The number of nitrogens with one attached hydrogen (secondary N) is 1. The number of hydrogen-bond acceptors (Lipinski definition) is 7. The highest BCUT2D eigenvalue weighted by molar-refractivity contribution is 7.96. The minimum absolute atomic E-state index is 0.0360. The van der Waals surface area contributed by atoms with E-state index in [-0.39, 0.29) is 39.6 Å². The Kier molecular flexibility index (Phi) is 5.76. The number of carbonyl (C=O) groups is 2. The van der Waals surface area contributed by atoms with Gasteiger partial charge in [-0.15, -0.1) is 0 Å². The zero-order chi connectivity index (χ0) is 21.2. The van der Waals surface area contributed by atoms with Crippen LogP contribution in [0.3, 0.4) is 0 Å². The van der Waals surface area contributed by atoms with Gasteiger partial charge in [0, 0.05) is 5.56 Å². The molecule has 154 valence electrons. The van der Waals surface area contributed by atoms with Crippen LogP contribution < -0.4 is 5.32 Å². The zero-order valence-electron chi connectivity index (χ0n) is 15.5. The summed E-state index contributed by atoms with van der Waals surface area (Å²) in [7, 11) is -5.91. The minimum atomic E-state index is -3.80. The first kappa shape index (κ1) is 21.0. The number of anilines is 1. The van der Waals surface area contributed by atoms with Crippen molar-refractivity contribution in [1.29, 1.82) is 0 Å². The molecule has 1 aliphatic heterocycles. The maximum Gasteiger partial charge on any atom is 0.339 e. The first-order valence-electron chi connectivity index (χ1n) is 8.67. The van der Waals surface area contributed by atoms with E-state index in [4.69, 9.17) is 0 Å². The lowest BCUT2D eigenvalue weighted by Gasteiger charge is -2.12. The van der Waals surface area contributed by atoms with Crippen LogP contribution in [0.15, 0.2) is 53.4 Å². The molecule has 29 heavy (non-hydrogen) atoms. The van der Waals surface area contributed by atoms with Crippen LogP contribution in [0.5, 0.6) is 0 Å². The van der Waals surface area contributed by atoms with E-state index in [0.29, 0.717) is 0 Å². The number of carbonyl (C=O) groups excluding carboxylic acids is 2. The van der Waals surface area contributed by atoms with Crippen LogP contribution in [0.4, 0.5) is 5.69 Å². The van der Waals surface area contributed by atoms with Crippen molar-refractivity contribution in [2.45, 2.75) is 16.6 Å². The van der Waals surface area contributed by atoms with Crippen molar-refractivity contribution in [3.05, 3.63) is 59.7 Å². The summed E-state index contributed by atoms with van der Waals surface area (Å²) in [5.74, 6) is -1.67. The van der Waals surface area contributed by atoms with Crippen LogP contribution in [0.25, 0.3) is 0 Å². The number of amides is 1. The molecule has 2 aromatic rings. The fraction of sp³-hybridized carbons (Fsp3) is 0.263. The predicted molar refractivity (Wildman–Crippen MR) is 106 cm³/mol. The largest absolute Gasteiger partial charge is 0.465 e. The van der Waals surface area contributed by atoms with Crippen LogP contribution in [0, 0.1) is 0 Å². The van der Waals surface area contributed by atoms with Gasteiger partial charge in [-0.05, 0) is 42.8 Å². The summed E-state index contributed by atoms with van der Waals surface area (Å²) in [5.41, 5.74) is 0.630. The van der Waals surface area contributed by atoms with Crippen molar-refractivity contribution in [2.75, 3.05) is 23.9 Å². The Morgan fingerprint density at radius 3 is 2.31 bits per heavy atom. The second-order valence-corrected chi connectivity index (χ2v) is 11.0. The number of para-hydroxylation sites is 1. The molecule has 10 heteroatoms. The summed E-state index contributed by atoms with van der Waals surface area (Å²) >= 11 is 0. The number of ether oxygens (including phenoxy) is 1. The van der Waals surface area contributed by atoms with Crippen LogP contribution in [0.2, 0.25) is 0 Å². The van der Waals surface area contributed by atoms with Gasteiger partial charge in [0.15, 0.2) is 19.7 Å². The Bertz CT molecular complexity index is 1150. The molecule has 0 radical (unpaired) electrons. The van der Waals surface area contributed by atoms with Gasteiger partial charge in [0.1, 0.15) is 0 Å². The molecule has 0 aromatic heterocycles. The predicted octanol–water partition coefficient (Wildman–Crippen LogP) is 1.69. The van der Waals surface area contributed by atoms with E-state index < -0.39 is 36.8 Å². The third kappa shape index (κ3) is 4.48. The third-order valence-electron chi connectivity index (χ3n) is 4.66. The van der Waals surface area contributed by atoms with E-state index in [1.165, 1.54) is 37.4 Å². The highest BCUT2D eigenvalue weighted by atomic mass is 32.2. The molecule has 0 spiro atoms. The lowest BCUT2D eigenvalue weighted by molar-refractivity contribution is 0.0602. The molecule has 1 unspecified atom stereocenters. The van der Waals surface area contributed by atoms with E-state index in [2.05, 4.69) is 10.1 Å². The second-order valence-electron chi connectivity index (χ2n) is 6.59. The fourth-order valence-electron chi connectivity index (χ4n) is 3.07. The summed E-state index contributed by atoms with van der Waals surface area (Å²) in [4.78, 5) is 24.2. The number of hydrogen-bond donors (Lipinski definition) is 1. The smallest absolute Gasteiger partial charge is 0.339 e. The molecule has 0 aliphatic carbocycles. The highest BCUT2D eigenvalue weighted by Crippen LogP contribution is 2.26. The van der Waals surface area contributed by atoms with Gasteiger partial charge in [-0.25, -0.2) is 21.6 Å². The Morgan fingerprint density at radius 1 is 1.07 bits per heavy atom. The summed E-state index contributed by atoms with van der Waals surface area (Å²) < 4.78 is 53.1. The number of esters is 1. The molecule has 1 N–H and O–H groups in total. The number of rotatable bonds is 5. The summed E-state index contributed by atoms with van der Waals surface area (Å²) in [5, 5.41) is 1.62. The molecule has 0 bridgehead atoms. The summed E-state index contributed by atoms with van der Waals surface area (Å²) in [6.45, 7) is 0. The Balaban J connectivity index is 1.79. The quantitative estimate of drug-likeness (QED) is 0.706. The van der Waals surface area contributed by atoms with Gasteiger partial charge < -0.3 is 10.1 Å². The number of methoxy groups -OCH3 is 1. The molecule has 1 fully saturated rings. The normalized spacial score (nSPS) is 18.2. The molecule has 2 aromatic carbocycles. The highest BCUT2D eigenvalue weighted by Gasteiger charge is 2.38. The standard InChI is InChI=1S/C19H19NO7S2/c1-27-19(22)16-4-2-3-5-17(16)20-18(21)13-6-8-14(9-7-13)29(25,26)15-10-11-28(23,24)12-15/h2-9,15H,10-12H2,1H3,(H,20,21). The van der Waals surface area contributed by atoms with Gasteiger partial charge in [-0.1, -0.05) is 12.1 Å². The molecule has 1 aliphatic rings. The molecular weight excluding hydrogens is 418 g/mol. The Labute approximate surface area is 168 Å². The lowest BCUT2D eigenvalue weighted by atomic mass is 10.1. The van der Waals surface area contributed by atoms with Crippen LogP contribution in [-0.2, 0) is 24.4 Å². The van der Waals surface area contributed by atoms with Crippen molar-refractivity contribution >= 4 is 37.2 Å². The molecule has 1 amide bonds. The molecule has 1 heterocycles. The summed E-state index contributed by atoms with van der Waals surface area (Å²) in [6.07, 6.45) is 0.0667. The average Bonchev–Trinajstić information content (AvgIpc) is 3.08. The topological polar surface area (TPSA) is 124 Å². The first-order chi connectivity index (χ1) is 13.6. The van der Waals surface area contributed by atoms with Crippen molar-refractivity contribution in [3.8, 4) is 0 Å².